The molecule has 0 saturated carbocycles. The molecule has 1 aliphatic rings. The molecule has 1 saturated heterocycles. The molecule has 142 valence electrons. The van der Waals surface area contributed by atoms with Crippen molar-refractivity contribution in [2.45, 2.75) is 13.8 Å². The first kappa shape index (κ1) is 18.8. The summed E-state index contributed by atoms with van der Waals surface area (Å²) < 4.78 is 4.87. The lowest BCUT2D eigenvalue weighted by Gasteiger charge is -2.36. The number of methoxy groups -OCH3 is 1. The summed E-state index contributed by atoms with van der Waals surface area (Å²) in [5.41, 5.74) is 4.39. The Morgan fingerprint density at radius 3 is 2.41 bits per heavy atom. The Kier molecular flexibility index (Phi) is 5.64. The van der Waals surface area contributed by atoms with Gasteiger partial charge in [0.2, 0.25) is 0 Å². The molecule has 1 fully saturated rings. The Hall–Kier alpha value is -3.02. The number of ether oxygens (including phenoxy) is 1. The molecule has 1 heterocycles. The standard InChI is InChI=1S/C21H25N3O3/c1-15-8-9-16(2)18(14-15)22-21(26)24-12-10-23(11-13-24)19-7-5-4-6-17(19)20(25)27-3/h4-9,14H,10-13H2,1-3H3,(H,22,26). The SMILES string of the molecule is COC(=O)c1ccccc1N1CCN(C(=O)Nc2cc(C)ccc2C)CC1. The molecule has 0 aliphatic carbocycles. The average molecular weight is 367 g/mol. The van der Waals surface area contributed by atoms with E-state index < -0.39 is 0 Å². The second-order valence-electron chi connectivity index (χ2n) is 6.73. The largest absolute Gasteiger partial charge is 0.465 e. The van der Waals surface area contributed by atoms with Crippen LogP contribution in [0.5, 0.6) is 0 Å². The Morgan fingerprint density at radius 1 is 1.00 bits per heavy atom. The third kappa shape index (κ3) is 4.22. The van der Waals surface area contributed by atoms with Crippen LogP contribution >= 0.6 is 0 Å². The highest BCUT2D eigenvalue weighted by atomic mass is 16.5. The fraction of sp³-hybridized carbons (Fsp3) is 0.333. The van der Waals surface area contributed by atoms with Crippen LogP contribution in [0.2, 0.25) is 0 Å². The predicted octanol–water partition coefficient (Wildman–Crippen LogP) is 3.44. The van der Waals surface area contributed by atoms with E-state index in [1.54, 1.807) is 11.0 Å². The molecule has 0 atom stereocenters. The van der Waals surface area contributed by atoms with Crippen molar-refractivity contribution in [3.63, 3.8) is 0 Å². The monoisotopic (exact) mass is 367 g/mol. The van der Waals surface area contributed by atoms with Gasteiger partial charge in [-0.3, -0.25) is 0 Å². The number of hydrogen-bond acceptors (Lipinski definition) is 4. The molecular weight excluding hydrogens is 342 g/mol. The van der Waals surface area contributed by atoms with Crippen LogP contribution in [0.25, 0.3) is 0 Å². The molecular formula is C21H25N3O3. The molecule has 27 heavy (non-hydrogen) atoms. The summed E-state index contributed by atoms with van der Waals surface area (Å²) in [7, 11) is 1.38. The van der Waals surface area contributed by atoms with E-state index in [0.717, 1.165) is 22.5 Å². The van der Waals surface area contributed by atoms with E-state index in [2.05, 4.69) is 10.2 Å². The van der Waals surface area contributed by atoms with Crippen LogP contribution in [0.4, 0.5) is 16.2 Å². The number of amides is 2. The van der Waals surface area contributed by atoms with Crippen molar-refractivity contribution in [2.75, 3.05) is 43.5 Å². The van der Waals surface area contributed by atoms with Gasteiger partial charge in [-0.05, 0) is 43.2 Å². The molecule has 0 unspecified atom stereocenters. The van der Waals surface area contributed by atoms with Crippen molar-refractivity contribution in [3.8, 4) is 0 Å². The molecule has 6 nitrogen and oxygen atoms in total. The summed E-state index contributed by atoms with van der Waals surface area (Å²) in [5.74, 6) is -0.347. The van der Waals surface area contributed by atoms with Crippen LogP contribution in [0.1, 0.15) is 21.5 Å². The first-order valence-corrected chi connectivity index (χ1v) is 9.05. The van der Waals surface area contributed by atoms with Gasteiger partial charge in [0, 0.05) is 31.9 Å². The Bertz CT molecular complexity index is 842. The van der Waals surface area contributed by atoms with Gasteiger partial charge in [0.25, 0.3) is 0 Å². The molecule has 2 amide bonds. The summed E-state index contributed by atoms with van der Waals surface area (Å²) in [6.07, 6.45) is 0. The number of para-hydroxylation sites is 1. The van der Waals surface area contributed by atoms with Crippen LogP contribution in [0.3, 0.4) is 0 Å². The number of rotatable bonds is 3. The maximum absolute atomic E-state index is 12.6. The van der Waals surface area contributed by atoms with Gasteiger partial charge >= 0.3 is 12.0 Å². The molecule has 0 bridgehead atoms. The molecule has 6 heteroatoms. The van der Waals surface area contributed by atoms with E-state index in [1.807, 2.05) is 50.2 Å². The maximum Gasteiger partial charge on any atom is 0.339 e. The lowest BCUT2D eigenvalue weighted by molar-refractivity contribution is 0.0601. The smallest absolute Gasteiger partial charge is 0.339 e. The first-order chi connectivity index (χ1) is 13.0. The number of carbonyl (C=O) groups is 2. The van der Waals surface area contributed by atoms with Crippen molar-refractivity contribution < 1.29 is 14.3 Å². The van der Waals surface area contributed by atoms with E-state index in [-0.39, 0.29) is 12.0 Å². The molecule has 3 rings (SSSR count). The van der Waals surface area contributed by atoms with Gasteiger partial charge in [-0.2, -0.15) is 0 Å². The number of urea groups is 1. The summed E-state index contributed by atoms with van der Waals surface area (Å²) >= 11 is 0. The fourth-order valence-electron chi connectivity index (χ4n) is 3.25. The molecule has 2 aromatic carbocycles. The van der Waals surface area contributed by atoms with Crippen molar-refractivity contribution in [1.29, 1.82) is 0 Å². The number of aryl methyl sites for hydroxylation is 2. The van der Waals surface area contributed by atoms with E-state index >= 15 is 0 Å². The second-order valence-corrected chi connectivity index (χ2v) is 6.73. The summed E-state index contributed by atoms with van der Waals surface area (Å²) in [5, 5.41) is 3.01. The second kappa shape index (κ2) is 8.12. The summed E-state index contributed by atoms with van der Waals surface area (Å²) in [6, 6.07) is 13.3. The van der Waals surface area contributed by atoms with E-state index in [4.69, 9.17) is 4.74 Å². The third-order valence-electron chi connectivity index (χ3n) is 4.85. The zero-order valence-corrected chi connectivity index (χ0v) is 16.0. The van der Waals surface area contributed by atoms with Crippen LogP contribution in [-0.4, -0.2) is 50.2 Å². The topological polar surface area (TPSA) is 61.9 Å². The van der Waals surface area contributed by atoms with Crippen molar-refractivity contribution in [3.05, 3.63) is 59.2 Å². The van der Waals surface area contributed by atoms with Gasteiger partial charge in [-0.25, -0.2) is 9.59 Å². The van der Waals surface area contributed by atoms with Gasteiger partial charge < -0.3 is 19.9 Å². The van der Waals surface area contributed by atoms with E-state index in [0.29, 0.717) is 31.7 Å². The lowest BCUT2D eigenvalue weighted by atomic mass is 10.1. The van der Waals surface area contributed by atoms with Gasteiger partial charge in [0.05, 0.1) is 18.4 Å². The normalized spacial score (nSPS) is 14.0. The predicted molar refractivity (Wildman–Crippen MR) is 107 cm³/mol. The molecule has 0 radical (unpaired) electrons. The number of hydrogen-bond donors (Lipinski definition) is 1. The zero-order valence-electron chi connectivity index (χ0n) is 16.0. The number of piperazine rings is 1. The Balaban J connectivity index is 1.65. The molecule has 0 spiro atoms. The minimum absolute atomic E-state index is 0.0930. The number of carbonyl (C=O) groups excluding carboxylic acids is 2. The minimum Gasteiger partial charge on any atom is -0.465 e. The third-order valence-corrected chi connectivity index (χ3v) is 4.85. The van der Waals surface area contributed by atoms with Gasteiger partial charge in [0.1, 0.15) is 0 Å². The van der Waals surface area contributed by atoms with Gasteiger partial charge in [0.15, 0.2) is 0 Å². The van der Waals surface area contributed by atoms with Crippen LogP contribution in [-0.2, 0) is 4.74 Å². The van der Waals surface area contributed by atoms with E-state index in [9.17, 15) is 9.59 Å². The molecule has 1 aliphatic heterocycles. The number of esters is 1. The Morgan fingerprint density at radius 2 is 1.70 bits per heavy atom. The fourth-order valence-corrected chi connectivity index (χ4v) is 3.25. The number of nitrogens with one attached hydrogen (secondary N) is 1. The highest BCUT2D eigenvalue weighted by Crippen LogP contribution is 2.23. The Labute approximate surface area is 159 Å². The van der Waals surface area contributed by atoms with Crippen molar-refractivity contribution in [1.82, 2.24) is 4.90 Å². The molecule has 0 aromatic heterocycles. The number of anilines is 2. The number of benzene rings is 2. The molecule has 1 N–H and O–H groups in total. The average Bonchev–Trinajstić information content (AvgIpc) is 2.70. The van der Waals surface area contributed by atoms with Gasteiger partial charge in [-0.1, -0.05) is 24.3 Å². The lowest BCUT2D eigenvalue weighted by Crippen LogP contribution is -2.50. The first-order valence-electron chi connectivity index (χ1n) is 9.05. The van der Waals surface area contributed by atoms with E-state index in [1.165, 1.54) is 7.11 Å². The van der Waals surface area contributed by atoms with Crippen molar-refractivity contribution >= 4 is 23.4 Å². The molecule has 2 aromatic rings. The number of nitrogens with zero attached hydrogens (tertiary/aromatic N) is 2. The van der Waals surface area contributed by atoms with Gasteiger partial charge in [-0.15, -0.1) is 0 Å². The van der Waals surface area contributed by atoms with Crippen molar-refractivity contribution in [2.24, 2.45) is 0 Å². The summed E-state index contributed by atoms with van der Waals surface area (Å²) in [6.45, 7) is 6.49. The van der Waals surface area contributed by atoms with Crippen LogP contribution in [0, 0.1) is 13.8 Å². The van der Waals surface area contributed by atoms with Crippen LogP contribution < -0.4 is 10.2 Å². The quantitative estimate of drug-likeness (QED) is 0.844. The van der Waals surface area contributed by atoms with Crippen LogP contribution in [0.15, 0.2) is 42.5 Å². The minimum atomic E-state index is -0.347. The zero-order chi connectivity index (χ0) is 19.4. The highest BCUT2D eigenvalue weighted by molar-refractivity contribution is 5.96. The maximum atomic E-state index is 12.6. The summed E-state index contributed by atoms with van der Waals surface area (Å²) in [4.78, 5) is 28.5. The highest BCUT2D eigenvalue weighted by Gasteiger charge is 2.24.